The van der Waals surface area contributed by atoms with Gasteiger partial charge in [0.15, 0.2) is 0 Å². The molecule has 1 aromatic heterocycles. The van der Waals surface area contributed by atoms with Crippen LogP contribution in [0.2, 0.25) is 0 Å². The highest BCUT2D eigenvalue weighted by Gasteiger charge is 2.12. The Balaban J connectivity index is 2.33. The molecule has 1 atom stereocenters. The molecule has 0 aliphatic heterocycles. The predicted octanol–water partition coefficient (Wildman–Crippen LogP) is 2.25. The summed E-state index contributed by atoms with van der Waals surface area (Å²) in [5.41, 5.74) is 8.71. The van der Waals surface area contributed by atoms with E-state index in [0.29, 0.717) is 6.54 Å². The number of aliphatic hydroxyl groups is 1. The van der Waals surface area contributed by atoms with Crippen LogP contribution < -0.4 is 5.73 Å². The lowest BCUT2D eigenvalue weighted by molar-refractivity contribution is 0.167. The molecule has 86 valence electrons. The Labute approximate surface area is 95.3 Å². The van der Waals surface area contributed by atoms with Crippen molar-refractivity contribution in [3.63, 3.8) is 0 Å². The van der Waals surface area contributed by atoms with Crippen molar-refractivity contribution in [2.45, 2.75) is 25.9 Å². The van der Waals surface area contributed by atoms with Gasteiger partial charge in [0.05, 0.1) is 6.10 Å². The summed E-state index contributed by atoms with van der Waals surface area (Å²) in [5, 5.41) is 11.2. The third-order valence-electron chi connectivity index (χ3n) is 2.91. The minimum atomic E-state index is -0.418. The second kappa shape index (κ2) is 4.68. The third-order valence-corrected chi connectivity index (χ3v) is 2.91. The normalized spacial score (nSPS) is 13.2. The van der Waals surface area contributed by atoms with E-state index < -0.39 is 6.10 Å². The molecule has 3 heteroatoms. The molecule has 0 aliphatic carbocycles. The molecule has 1 unspecified atom stereocenters. The first-order valence-electron chi connectivity index (χ1n) is 5.68. The molecule has 0 saturated heterocycles. The number of hydrogen-bond acceptors (Lipinski definition) is 2. The van der Waals surface area contributed by atoms with Crippen LogP contribution in [-0.4, -0.2) is 16.6 Å². The van der Waals surface area contributed by atoms with Crippen molar-refractivity contribution in [1.29, 1.82) is 0 Å². The lowest BCUT2D eigenvalue weighted by Crippen LogP contribution is -2.03. The smallest absolute Gasteiger partial charge is 0.0811 e. The maximum atomic E-state index is 10.1. The SMILES string of the molecule is Cc1ccc2[nH]cc(C(O)CCCN)c2c1. The van der Waals surface area contributed by atoms with Gasteiger partial charge in [-0.15, -0.1) is 0 Å². The number of rotatable bonds is 4. The van der Waals surface area contributed by atoms with E-state index in [4.69, 9.17) is 5.73 Å². The zero-order valence-corrected chi connectivity index (χ0v) is 9.53. The summed E-state index contributed by atoms with van der Waals surface area (Å²) in [5.74, 6) is 0. The van der Waals surface area contributed by atoms with E-state index in [2.05, 4.69) is 24.0 Å². The number of aromatic amines is 1. The van der Waals surface area contributed by atoms with Crippen molar-refractivity contribution < 1.29 is 5.11 Å². The van der Waals surface area contributed by atoms with Crippen molar-refractivity contribution in [3.05, 3.63) is 35.5 Å². The van der Waals surface area contributed by atoms with Gasteiger partial charge >= 0.3 is 0 Å². The van der Waals surface area contributed by atoms with Crippen molar-refractivity contribution in [1.82, 2.24) is 4.98 Å². The molecule has 0 aliphatic rings. The highest BCUT2D eigenvalue weighted by atomic mass is 16.3. The van der Waals surface area contributed by atoms with E-state index in [9.17, 15) is 5.11 Å². The van der Waals surface area contributed by atoms with E-state index in [0.717, 1.165) is 29.3 Å². The Morgan fingerprint density at radius 1 is 1.44 bits per heavy atom. The van der Waals surface area contributed by atoms with Gasteiger partial charge in [0.25, 0.3) is 0 Å². The fraction of sp³-hybridized carbons (Fsp3) is 0.385. The molecule has 0 saturated carbocycles. The summed E-state index contributed by atoms with van der Waals surface area (Å²) < 4.78 is 0. The van der Waals surface area contributed by atoms with Crippen LogP contribution in [0.5, 0.6) is 0 Å². The van der Waals surface area contributed by atoms with Crippen LogP contribution in [0.15, 0.2) is 24.4 Å². The Hall–Kier alpha value is -1.32. The average Bonchev–Trinajstić information content (AvgIpc) is 2.68. The minimum Gasteiger partial charge on any atom is -0.388 e. The monoisotopic (exact) mass is 218 g/mol. The van der Waals surface area contributed by atoms with E-state index in [1.165, 1.54) is 5.56 Å². The largest absolute Gasteiger partial charge is 0.388 e. The topological polar surface area (TPSA) is 62.0 Å². The second-order valence-electron chi connectivity index (χ2n) is 4.24. The van der Waals surface area contributed by atoms with Gasteiger partial charge in [0, 0.05) is 22.7 Å². The number of H-pyrrole nitrogens is 1. The maximum Gasteiger partial charge on any atom is 0.0811 e. The van der Waals surface area contributed by atoms with E-state index >= 15 is 0 Å². The Kier molecular flexibility index (Phi) is 3.27. The van der Waals surface area contributed by atoms with Crippen molar-refractivity contribution in [3.8, 4) is 0 Å². The lowest BCUT2D eigenvalue weighted by Gasteiger charge is -2.08. The zero-order chi connectivity index (χ0) is 11.5. The third kappa shape index (κ3) is 2.10. The van der Waals surface area contributed by atoms with E-state index in [-0.39, 0.29) is 0 Å². The van der Waals surface area contributed by atoms with Crippen LogP contribution in [-0.2, 0) is 0 Å². The first kappa shape index (κ1) is 11.2. The quantitative estimate of drug-likeness (QED) is 0.737. The number of nitrogens with one attached hydrogen (secondary N) is 1. The molecule has 3 nitrogen and oxygen atoms in total. The van der Waals surface area contributed by atoms with Crippen molar-refractivity contribution in [2.75, 3.05) is 6.54 Å². The molecular weight excluding hydrogens is 200 g/mol. The lowest BCUT2D eigenvalue weighted by atomic mass is 10.0. The summed E-state index contributed by atoms with van der Waals surface area (Å²) >= 11 is 0. The maximum absolute atomic E-state index is 10.1. The van der Waals surface area contributed by atoms with Crippen LogP contribution >= 0.6 is 0 Å². The molecule has 0 fully saturated rings. The molecule has 0 radical (unpaired) electrons. The Morgan fingerprint density at radius 3 is 3.00 bits per heavy atom. The first-order chi connectivity index (χ1) is 7.72. The summed E-state index contributed by atoms with van der Waals surface area (Å²) in [6.45, 7) is 2.68. The number of benzene rings is 1. The summed E-state index contributed by atoms with van der Waals surface area (Å²) in [4.78, 5) is 3.18. The number of aromatic nitrogens is 1. The minimum absolute atomic E-state index is 0.418. The highest BCUT2D eigenvalue weighted by molar-refractivity contribution is 5.84. The van der Waals surface area contributed by atoms with Gasteiger partial charge in [-0.25, -0.2) is 0 Å². The van der Waals surface area contributed by atoms with Gasteiger partial charge in [-0.1, -0.05) is 11.6 Å². The molecule has 2 rings (SSSR count). The molecule has 0 spiro atoms. The van der Waals surface area contributed by atoms with Gasteiger partial charge in [-0.2, -0.15) is 0 Å². The van der Waals surface area contributed by atoms with Crippen molar-refractivity contribution in [2.24, 2.45) is 5.73 Å². The Bertz CT molecular complexity index is 476. The number of hydrogen-bond donors (Lipinski definition) is 3. The zero-order valence-electron chi connectivity index (χ0n) is 9.53. The first-order valence-corrected chi connectivity index (χ1v) is 5.68. The molecule has 2 aromatic rings. The molecule has 0 bridgehead atoms. The second-order valence-corrected chi connectivity index (χ2v) is 4.24. The number of aryl methyl sites for hydroxylation is 1. The predicted molar refractivity (Wildman–Crippen MR) is 66.3 cm³/mol. The van der Waals surface area contributed by atoms with Crippen LogP contribution in [0.1, 0.15) is 30.1 Å². The molecule has 1 heterocycles. The fourth-order valence-electron chi connectivity index (χ4n) is 2.00. The van der Waals surface area contributed by atoms with Gasteiger partial charge in [-0.05, 0) is 38.4 Å². The summed E-state index contributed by atoms with van der Waals surface area (Å²) in [6.07, 6.45) is 3.04. The van der Waals surface area contributed by atoms with Crippen LogP contribution in [0.4, 0.5) is 0 Å². The standard InChI is InChI=1S/C13H18N2O/c1-9-4-5-12-10(7-9)11(8-15-12)13(16)3-2-6-14/h4-5,7-8,13,15-16H,2-3,6,14H2,1H3. The summed E-state index contributed by atoms with van der Waals surface area (Å²) in [7, 11) is 0. The Morgan fingerprint density at radius 2 is 2.25 bits per heavy atom. The fourth-order valence-corrected chi connectivity index (χ4v) is 2.00. The van der Waals surface area contributed by atoms with Gasteiger partial charge in [0.1, 0.15) is 0 Å². The average molecular weight is 218 g/mol. The number of aliphatic hydroxyl groups excluding tert-OH is 1. The van der Waals surface area contributed by atoms with Crippen LogP contribution in [0, 0.1) is 6.92 Å². The van der Waals surface area contributed by atoms with E-state index in [1.54, 1.807) is 0 Å². The van der Waals surface area contributed by atoms with E-state index in [1.807, 2.05) is 12.3 Å². The molecule has 1 aromatic carbocycles. The number of fused-ring (bicyclic) bond motifs is 1. The number of nitrogens with two attached hydrogens (primary N) is 1. The molecule has 16 heavy (non-hydrogen) atoms. The van der Waals surface area contributed by atoms with Crippen LogP contribution in [0.25, 0.3) is 10.9 Å². The van der Waals surface area contributed by atoms with Gasteiger partial charge in [0.2, 0.25) is 0 Å². The van der Waals surface area contributed by atoms with Crippen molar-refractivity contribution >= 4 is 10.9 Å². The van der Waals surface area contributed by atoms with Gasteiger partial charge < -0.3 is 15.8 Å². The van der Waals surface area contributed by atoms with Gasteiger partial charge in [-0.3, -0.25) is 0 Å². The summed E-state index contributed by atoms with van der Waals surface area (Å²) in [6, 6.07) is 6.21. The molecule has 4 N–H and O–H groups in total. The van der Waals surface area contributed by atoms with Crippen LogP contribution in [0.3, 0.4) is 0 Å². The molecule has 0 amide bonds. The highest BCUT2D eigenvalue weighted by Crippen LogP contribution is 2.27. The molecular formula is C13H18N2O.